The fourth-order valence-corrected chi connectivity index (χ4v) is 2.87. The van der Waals surface area contributed by atoms with Gasteiger partial charge in [0.25, 0.3) is 10.0 Å². The lowest BCUT2D eigenvalue weighted by molar-refractivity contribution is 0.461. The van der Waals surface area contributed by atoms with Crippen LogP contribution in [0.5, 0.6) is 11.6 Å². The first-order chi connectivity index (χ1) is 9.54. The molecule has 3 rings (SSSR count). The Morgan fingerprint density at radius 3 is 2.80 bits per heavy atom. The summed E-state index contributed by atoms with van der Waals surface area (Å²) in [6.45, 7) is 0. The molecule has 102 valence electrons. The molecule has 2 aromatic rings. The van der Waals surface area contributed by atoms with E-state index in [0.717, 1.165) is 10.8 Å². The highest BCUT2D eigenvalue weighted by molar-refractivity contribution is 9.10. The smallest absolute Gasteiger partial charge is 0.285 e. The molecule has 2 heterocycles. The van der Waals surface area contributed by atoms with Crippen molar-refractivity contribution in [2.45, 2.75) is 4.90 Å². The van der Waals surface area contributed by atoms with Gasteiger partial charge in [-0.2, -0.15) is 8.42 Å². The van der Waals surface area contributed by atoms with Crippen LogP contribution in [0.2, 0.25) is 0 Å². The fraction of sp³-hybridized carbons (Fsp3) is 0. The van der Waals surface area contributed by atoms with Gasteiger partial charge < -0.3 is 10.1 Å². The van der Waals surface area contributed by atoms with Crippen molar-refractivity contribution in [1.29, 1.82) is 0 Å². The Morgan fingerprint density at radius 1 is 1.20 bits per heavy atom. The van der Waals surface area contributed by atoms with E-state index in [1.165, 1.54) is 6.07 Å². The molecule has 0 aliphatic carbocycles. The van der Waals surface area contributed by atoms with Crippen LogP contribution in [0.25, 0.3) is 0 Å². The number of ether oxygens (including phenoxy) is 1. The van der Waals surface area contributed by atoms with Crippen LogP contribution in [0, 0.1) is 0 Å². The average Bonchev–Trinajstić information content (AvgIpc) is 2.42. The number of anilines is 1. The number of fused-ring (bicyclic) bond motifs is 1. The van der Waals surface area contributed by atoms with E-state index in [1.807, 2.05) is 0 Å². The second-order valence-corrected chi connectivity index (χ2v) is 6.45. The number of halogens is 1. The van der Waals surface area contributed by atoms with Crippen LogP contribution in [0.15, 0.2) is 50.3 Å². The van der Waals surface area contributed by atoms with E-state index >= 15 is 0 Å². The zero-order valence-electron chi connectivity index (χ0n) is 9.95. The second-order valence-electron chi connectivity index (χ2n) is 3.93. The first-order valence-electron chi connectivity index (χ1n) is 5.53. The molecule has 0 amide bonds. The van der Waals surface area contributed by atoms with E-state index < -0.39 is 10.0 Å². The Kier molecular flexibility index (Phi) is 3.19. The lowest BCUT2D eigenvalue weighted by atomic mass is 10.3. The minimum atomic E-state index is -3.66. The maximum Gasteiger partial charge on any atom is 0.285 e. The van der Waals surface area contributed by atoms with Gasteiger partial charge in [0.05, 0.1) is 5.69 Å². The van der Waals surface area contributed by atoms with Crippen LogP contribution in [0.3, 0.4) is 0 Å². The average molecular weight is 354 g/mol. The third kappa shape index (κ3) is 2.52. The summed E-state index contributed by atoms with van der Waals surface area (Å²) in [6, 6.07) is 8.14. The number of rotatable bonds is 2. The Balaban J connectivity index is 1.95. The summed E-state index contributed by atoms with van der Waals surface area (Å²) in [5, 5.41) is 2.77. The number of nitrogens with one attached hydrogen (secondary N) is 1. The van der Waals surface area contributed by atoms with Crippen molar-refractivity contribution in [3.8, 4) is 11.6 Å². The number of benzene rings is 1. The lowest BCUT2D eigenvalue weighted by Gasteiger charge is -2.13. The van der Waals surface area contributed by atoms with Crippen molar-refractivity contribution in [1.82, 2.24) is 4.98 Å². The van der Waals surface area contributed by atoms with Gasteiger partial charge in [-0.15, -0.1) is 4.40 Å². The van der Waals surface area contributed by atoms with Gasteiger partial charge in [-0.05, 0) is 34.1 Å². The SMILES string of the molecule is O=S1(=O)N=CNc2ccc(Oc3ccc(Br)cn3)cc21. The molecule has 1 aliphatic heterocycles. The van der Waals surface area contributed by atoms with Crippen LogP contribution in [0.4, 0.5) is 5.69 Å². The summed E-state index contributed by atoms with van der Waals surface area (Å²) in [6.07, 6.45) is 2.74. The molecule has 0 atom stereocenters. The highest BCUT2D eigenvalue weighted by atomic mass is 79.9. The second kappa shape index (κ2) is 4.88. The Hall–Kier alpha value is -1.93. The van der Waals surface area contributed by atoms with E-state index in [1.54, 1.807) is 30.5 Å². The first kappa shape index (κ1) is 13.1. The van der Waals surface area contributed by atoms with Crippen LogP contribution >= 0.6 is 15.9 Å². The van der Waals surface area contributed by atoms with E-state index in [0.29, 0.717) is 17.3 Å². The highest BCUT2D eigenvalue weighted by Crippen LogP contribution is 2.31. The van der Waals surface area contributed by atoms with Crippen molar-refractivity contribution in [2.24, 2.45) is 4.40 Å². The standard InChI is InChI=1S/C12H8BrN3O3S/c13-8-1-4-12(14-6-8)19-9-2-3-10-11(5-9)20(17,18)16-7-15-10/h1-7H,(H,15,16). The molecule has 1 aromatic carbocycles. The van der Waals surface area contributed by atoms with Gasteiger partial charge >= 0.3 is 0 Å². The number of hydrogen-bond donors (Lipinski definition) is 1. The minimum absolute atomic E-state index is 0.0783. The van der Waals surface area contributed by atoms with Gasteiger partial charge in [0.15, 0.2) is 0 Å². The number of hydrogen-bond acceptors (Lipinski definition) is 5. The van der Waals surface area contributed by atoms with Crippen molar-refractivity contribution in [3.63, 3.8) is 0 Å². The lowest BCUT2D eigenvalue weighted by Crippen LogP contribution is -2.11. The molecule has 0 saturated carbocycles. The molecule has 0 saturated heterocycles. The van der Waals surface area contributed by atoms with Crippen LogP contribution in [-0.2, 0) is 10.0 Å². The zero-order chi connectivity index (χ0) is 14.2. The molecule has 20 heavy (non-hydrogen) atoms. The third-order valence-electron chi connectivity index (χ3n) is 2.57. The van der Waals surface area contributed by atoms with Gasteiger partial charge in [0.2, 0.25) is 5.88 Å². The van der Waals surface area contributed by atoms with E-state index in [4.69, 9.17) is 4.74 Å². The normalized spacial score (nSPS) is 15.2. The van der Waals surface area contributed by atoms with Gasteiger partial charge in [-0.1, -0.05) is 0 Å². The fourth-order valence-electron chi connectivity index (χ4n) is 1.66. The number of sulfonamides is 1. The maximum atomic E-state index is 11.8. The summed E-state index contributed by atoms with van der Waals surface area (Å²) >= 11 is 3.27. The summed E-state index contributed by atoms with van der Waals surface area (Å²) in [5.74, 6) is 0.749. The Morgan fingerprint density at radius 2 is 2.05 bits per heavy atom. The summed E-state index contributed by atoms with van der Waals surface area (Å²) in [5.41, 5.74) is 0.469. The molecule has 0 unspecified atom stereocenters. The van der Waals surface area contributed by atoms with Crippen molar-refractivity contribution >= 4 is 38.0 Å². The molecule has 0 spiro atoms. The monoisotopic (exact) mass is 353 g/mol. The Bertz CT molecular complexity index is 788. The first-order valence-corrected chi connectivity index (χ1v) is 7.77. The van der Waals surface area contributed by atoms with Crippen LogP contribution in [0.1, 0.15) is 0 Å². The third-order valence-corrected chi connectivity index (χ3v) is 4.31. The largest absolute Gasteiger partial charge is 0.439 e. The van der Waals surface area contributed by atoms with Crippen molar-refractivity contribution in [3.05, 3.63) is 41.0 Å². The van der Waals surface area contributed by atoms with Crippen LogP contribution in [-0.4, -0.2) is 19.7 Å². The van der Waals surface area contributed by atoms with Gasteiger partial charge in [0, 0.05) is 22.8 Å². The van der Waals surface area contributed by atoms with E-state index in [2.05, 4.69) is 30.6 Å². The minimum Gasteiger partial charge on any atom is -0.439 e. The molecule has 6 nitrogen and oxygen atoms in total. The summed E-state index contributed by atoms with van der Waals surface area (Å²) in [4.78, 5) is 4.14. The molecule has 1 N–H and O–H groups in total. The topological polar surface area (TPSA) is 80.7 Å². The van der Waals surface area contributed by atoms with Crippen molar-refractivity contribution < 1.29 is 13.2 Å². The number of pyridine rings is 1. The molecule has 1 aliphatic rings. The Labute approximate surface area is 123 Å². The summed E-state index contributed by atoms with van der Waals surface area (Å²) < 4.78 is 33.4. The molecule has 1 aromatic heterocycles. The van der Waals surface area contributed by atoms with Gasteiger partial charge in [-0.3, -0.25) is 0 Å². The van der Waals surface area contributed by atoms with Crippen LogP contribution < -0.4 is 10.1 Å². The number of nitrogens with zero attached hydrogens (tertiary/aromatic N) is 2. The van der Waals surface area contributed by atoms with Gasteiger partial charge in [0.1, 0.15) is 17.0 Å². The van der Waals surface area contributed by atoms with Gasteiger partial charge in [-0.25, -0.2) is 4.98 Å². The molecular weight excluding hydrogens is 346 g/mol. The summed E-state index contributed by atoms with van der Waals surface area (Å²) in [7, 11) is -3.66. The predicted molar refractivity (Wildman–Crippen MR) is 77.8 cm³/mol. The molecule has 0 radical (unpaired) electrons. The van der Waals surface area contributed by atoms with Crippen molar-refractivity contribution in [2.75, 3.05) is 5.32 Å². The molecule has 0 fully saturated rings. The maximum absolute atomic E-state index is 11.8. The predicted octanol–water partition coefficient (Wildman–Crippen LogP) is 2.78. The quantitative estimate of drug-likeness (QED) is 0.897. The molecular formula is C12H8BrN3O3S. The zero-order valence-corrected chi connectivity index (χ0v) is 12.3. The highest BCUT2D eigenvalue weighted by Gasteiger charge is 2.21. The molecule has 0 bridgehead atoms. The van der Waals surface area contributed by atoms with E-state index in [9.17, 15) is 8.42 Å². The van der Waals surface area contributed by atoms with E-state index in [-0.39, 0.29) is 4.90 Å². The number of aromatic nitrogens is 1. The molecule has 8 heteroatoms.